The van der Waals surface area contributed by atoms with Gasteiger partial charge < -0.3 is 15.7 Å². The minimum absolute atomic E-state index is 0.347. The Labute approximate surface area is 110 Å². The van der Waals surface area contributed by atoms with Crippen LogP contribution in [-0.4, -0.2) is 35.7 Å². The summed E-state index contributed by atoms with van der Waals surface area (Å²) in [6, 6.07) is 6.55. The molecule has 1 aromatic carbocycles. The molecule has 1 unspecified atom stereocenters. The minimum Gasteiger partial charge on any atom is -0.387 e. The minimum atomic E-state index is -0.390. The lowest BCUT2D eigenvalue weighted by Gasteiger charge is -2.31. The standard InChI is InChI=1S/C15H24N2O/c1-11-3-4-13(9-12(11)2)15(18)10-17-7-5-14(16)6-8-17/h3-4,9,14-15,18H,5-8,10,16H2,1-2H3. The maximum Gasteiger partial charge on any atom is 0.0917 e. The van der Waals surface area contributed by atoms with Crippen molar-refractivity contribution in [3.05, 3.63) is 34.9 Å². The number of aryl methyl sites for hydroxylation is 2. The van der Waals surface area contributed by atoms with Crippen LogP contribution in [0.1, 0.15) is 35.6 Å². The molecule has 3 N–H and O–H groups in total. The van der Waals surface area contributed by atoms with Gasteiger partial charge in [0.1, 0.15) is 0 Å². The van der Waals surface area contributed by atoms with Gasteiger partial charge in [0.25, 0.3) is 0 Å². The fourth-order valence-electron chi connectivity index (χ4n) is 2.46. The summed E-state index contributed by atoms with van der Waals surface area (Å²) in [5, 5.41) is 10.3. The monoisotopic (exact) mass is 248 g/mol. The van der Waals surface area contributed by atoms with Gasteiger partial charge in [-0.2, -0.15) is 0 Å². The second-order valence-electron chi connectivity index (χ2n) is 5.50. The second kappa shape index (κ2) is 5.83. The molecule has 0 aromatic heterocycles. The van der Waals surface area contributed by atoms with Gasteiger partial charge in [-0.15, -0.1) is 0 Å². The predicted molar refractivity (Wildman–Crippen MR) is 74.5 cm³/mol. The molecule has 1 saturated heterocycles. The first kappa shape index (κ1) is 13.5. The van der Waals surface area contributed by atoms with Crippen molar-refractivity contribution in [2.45, 2.75) is 38.8 Å². The molecule has 1 aliphatic heterocycles. The normalized spacial score (nSPS) is 20.0. The molecule has 18 heavy (non-hydrogen) atoms. The smallest absolute Gasteiger partial charge is 0.0917 e. The van der Waals surface area contributed by atoms with Crippen LogP contribution < -0.4 is 5.73 Å². The summed E-state index contributed by atoms with van der Waals surface area (Å²) < 4.78 is 0. The Morgan fingerprint density at radius 3 is 2.56 bits per heavy atom. The van der Waals surface area contributed by atoms with E-state index in [0.29, 0.717) is 6.04 Å². The molecule has 1 heterocycles. The number of likely N-dealkylation sites (tertiary alicyclic amines) is 1. The van der Waals surface area contributed by atoms with E-state index < -0.39 is 6.10 Å². The third-order valence-corrected chi connectivity index (χ3v) is 3.98. The molecule has 0 saturated carbocycles. The topological polar surface area (TPSA) is 49.5 Å². The third kappa shape index (κ3) is 3.31. The number of nitrogens with two attached hydrogens (primary N) is 1. The van der Waals surface area contributed by atoms with E-state index in [1.165, 1.54) is 11.1 Å². The highest BCUT2D eigenvalue weighted by atomic mass is 16.3. The Morgan fingerprint density at radius 1 is 1.28 bits per heavy atom. The zero-order valence-electron chi connectivity index (χ0n) is 11.4. The fourth-order valence-corrected chi connectivity index (χ4v) is 2.46. The van der Waals surface area contributed by atoms with Gasteiger partial charge in [0.2, 0.25) is 0 Å². The summed E-state index contributed by atoms with van der Waals surface area (Å²) in [6.07, 6.45) is 1.69. The van der Waals surface area contributed by atoms with Gasteiger partial charge in [-0.3, -0.25) is 0 Å². The van der Waals surface area contributed by atoms with Crippen molar-refractivity contribution in [3.8, 4) is 0 Å². The van der Waals surface area contributed by atoms with Crippen LogP contribution in [0.4, 0.5) is 0 Å². The van der Waals surface area contributed by atoms with Gasteiger partial charge in [0, 0.05) is 12.6 Å². The van der Waals surface area contributed by atoms with Gasteiger partial charge in [-0.05, 0) is 56.5 Å². The number of hydrogen-bond donors (Lipinski definition) is 2. The fraction of sp³-hybridized carbons (Fsp3) is 0.600. The maximum atomic E-state index is 10.3. The molecule has 0 radical (unpaired) electrons. The Bertz CT molecular complexity index is 397. The molecule has 1 aliphatic rings. The summed E-state index contributed by atoms with van der Waals surface area (Å²) in [7, 11) is 0. The molecule has 3 heteroatoms. The summed E-state index contributed by atoms with van der Waals surface area (Å²) in [5.41, 5.74) is 9.42. The molecule has 3 nitrogen and oxygen atoms in total. The van der Waals surface area contributed by atoms with E-state index in [1.54, 1.807) is 0 Å². The van der Waals surface area contributed by atoms with Crippen LogP contribution in [0.15, 0.2) is 18.2 Å². The van der Waals surface area contributed by atoms with E-state index in [0.717, 1.165) is 38.0 Å². The summed E-state index contributed by atoms with van der Waals surface area (Å²) in [6.45, 7) is 6.91. The number of benzene rings is 1. The molecule has 1 aromatic rings. The van der Waals surface area contributed by atoms with Crippen molar-refractivity contribution in [1.82, 2.24) is 4.90 Å². The maximum absolute atomic E-state index is 10.3. The van der Waals surface area contributed by atoms with Crippen LogP contribution in [0, 0.1) is 13.8 Å². The van der Waals surface area contributed by atoms with Crippen molar-refractivity contribution < 1.29 is 5.11 Å². The van der Waals surface area contributed by atoms with E-state index in [2.05, 4.69) is 30.9 Å². The quantitative estimate of drug-likeness (QED) is 0.857. The molecule has 0 amide bonds. The number of rotatable bonds is 3. The molecule has 100 valence electrons. The van der Waals surface area contributed by atoms with E-state index in [-0.39, 0.29) is 0 Å². The molecule has 2 rings (SSSR count). The largest absolute Gasteiger partial charge is 0.387 e. The predicted octanol–water partition coefficient (Wildman–Crippen LogP) is 1.76. The highest BCUT2D eigenvalue weighted by Gasteiger charge is 2.19. The number of piperidine rings is 1. The van der Waals surface area contributed by atoms with Crippen molar-refractivity contribution in [1.29, 1.82) is 0 Å². The van der Waals surface area contributed by atoms with Gasteiger partial charge in [0.15, 0.2) is 0 Å². The Morgan fingerprint density at radius 2 is 1.94 bits per heavy atom. The first-order valence-corrected chi connectivity index (χ1v) is 6.79. The zero-order chi connectivity index (χ0) is 13.1. The van der Waals surface area contributed by atoms with Crippen LogP contribution >= 0.6 is 0 Å². The molecular formula is C15H24N2O. The summed E-state index contributed by atoms with van der Waals surface area (Å²) in [5.74, 6) is 0. The number of aliphatic hydroxyl groups excluding tert-OH is 1. The lowest BCUT2D eigenvalue weighted by Crippen LogP contribution is -2.41. The van der Waals surface area contributed by atoms with Crippen LogP contribution in [0.3, 0.4) is 0 Å². The zero-order valence-corrected chi connectivity index (χ0v) is 11.4. The number of hydrogen-bond acceptors (Lipinski definition) is 3. The average Bonchev–Trinajstić information content (AvgIpc) is 2.35. The van der Waals surface area contributed by atoms with Crippen molar-refractivity contribution >= 4 is 0 Å². The van der Waals surface area contributed by atoms with E-state index >= 15 is 0 Å². The molecule has 1 atom stereocenters. The highest BCUT2D eigenvalue weighted by molar-refractivity contribution is 5.31. The second-order valence-corrected chi connectivity index (χ2v) is 5.50. The Balaban J connectivity index is 1.94. The molecular weight excluding hydrogens is 224 g/mol. The van der Waals surface area contributed by atoms with Gasteiger partial charge in [-0.1, -0.05) is 18.2 Å². The highest BCUT2D eigenvalue weighted by Crippen LogP contribution is 2.19. The molecule has 0 spiro atoms. The first-order valence-electron chi connectivity index (χ1n) is 6.79. The number of nitrogens with zero attached hydrogens (tertiary/aromatic N) is 1. The molecule has 1 fully saturated rings. The average molecular weight is 248 g/mol. The van der Waals surface area contributed by atoms with Crippen LogP contribution in [0.2, 0.25) is 0 Å². The van der Waals surface area contributed by atoms with E-state index in [1.807, 2.05) is 6.07 Å². The summed E-state index contributed by atoms with van der Waals surface area (Å²) >= 11 is 0. The van der Waals surface area contributed by atoms with E-state index in [4.69, 9.17) is 5.73 Å². The lowest BCUT2D eigenvalue weighted by atomic mass is 10.0. The van der Waals surface area contributed by atoms with Crippen molar-refractivity contribution in [2.24, 2.45) is 5.73 Å². The van der Waals surface area contributed by atoms with Crippen LogP contribution in [0.5, 0.6) is 0 Å². The van der Waals surface area contributed by atoms with Crippen LogP contribution in [0.25, 0.3) is 0 Å². The van der Waals surface area contributed by atoms with Crippen molar-refractivity contribution in [2.75, 3.05) is 19.6 Å². The lowest BCUT2D eigenvalue weighted by molar-refractivity contribution is 0.0976. The van der Waals surface area contributed by atoms with Gasteiger partial charge in [-0.25, -0.2) is 0 Å². The number of aliphatic hydroxyl groups is 1. The molecule has 0 aliphatic carbocycles. The SMILES string of the molecule is Cc1ccc(C(O)CN2CCC(N)CC2)cc1C. The Kier molecular flexibility index (Phi) is 4.38. The van der Waals surface area contributed by atoms with Crippen LogP contribution in [-0.2, 0) is 0 Å². The van der Waals surface area contributed by atoms with Crippen molar-refractivity contribution in [3.63, 3.8) is 0 Å². The Hall–Kier alpha value is -0.900. The van der Waals surface area contributed by atoms with Gasteiger partial charge in [0.05, 0.1) is 6.10 Å². The number of β-amino-alcohol motifs (C(OH)–C–C–N with tert-alkyl or cyclic N) is 1. The summed E-state index contributed by atoms with van der Waals surface area (Å²) in [4.78, 5) is 2.31. The third-order valence-electron chi connectivity index (χ3n) is 3.98. The first-order chi connectivity index (χ1) is 8.56. The van der Waals surface area contributed by atoms with Gasteiger partial charge >= 0.3 is 0 Å². The molecule has 0 bridgehead atoms. The van der Waals surface area contributed by atoms with E-state index in [9.17, 15) is 5.11 Å².